The molecule has 168 valence electrons. The number of aryl methyl sites for hydroxylation is 1. The first kappa shape index (κ1) is 20.9. The Balaban J connectivity index is 1.37. The number of benzene rings is 1. The van der Waals surface area contributed by atoms with Crippen molar-refractivity contribution in [2.45, 2.75) is 64.5 Å². The molecule has 1 aliphatic carbocycles. The number of carbonyl (C=O) groups excluding carboxylic acids is 2. The standard InChI is InChI=1S/C25H30N4O3/c1-16-6-2-3-7-18(16)14-22(30)29-12-5-4-8-21(29)23-26-20-11-13-28(25(32)17-9-10-17)15-19(20)24(31)27-23/h2-3,6-7,17,21H,4-5,8-15H2,1H3,(H,26,27,31). The fourth-order valence-electron chi connectivity index (χ4n) is 4.97. The maximum Gasteiger partial charge on any atom is 0.256 e. The van der Waals surface area contributed by atoms with Gasteiger partial charge in [-0.2, -0.15) is 0 Å². The minimum atomic E-state index is -0.204. The van der Waals surface area contributed by atoms with Gasteiger partial charge < -0.3 is 14.8 Å². The van der Waals surface area contributed by atoms with Crippen molar-refractivity contribution in [3.63, 3.8) is 0 Å². The van der Waals surface area contributed by atoms with E-state index in [9.17, 15) is 14.4 Å². The molecular formula is C25H30N4O3. The summed E-state index contributed by atoms with van der Waals surface area (Å²) in [5.41, 5.74) is 3.35. The zero-order valence-corrected chi connectivity index (χ0v) is 18.6. The summed E-state index contributed by atoms with van der Waals surface area (Å²) in [4.78, 5) is 50.1. The highest BCUT2D eigenvalue weighted by Gasteiger charge is 2.36. The van der Waals surface area contributed by atoms with E-state index in [4.69, 9.17) is 4.98 Å². The molecule has 1 saturated carbocycles. The molecule has 1 N–H and O–H groups in total. The van der Waals surface area contributed by atoms with Gasteiger partial charge in [-0.3, -0.25) is 14.4 Å². The lowest BCUT2D eigenvalue weighted by Gasteiger charge is -2.36. The van der Waals surface area contributed by atoms with Crippen LogP contribution >= 0.6 is 0 Å². The van der Waals surface area contributed by atoms with E-state index < -0.39 is 0 Å². The highest BCUT2D eigenvalue weighted by atomic mass is 16.2. The van der Waals surface area contributed by atoms with Crippen LogP contribution in [0.15, 0.2) is 29.1 Å². The van der Waals surface area contributed by atoms with Crippen molar-refractivity contribution in [3.8, 4) is 0 Å². The van der Waals surface area contributed by atoms with Crippen molar-refractivity contribution in [2.75, 3.05) is 13.1 Å². The van der Waals surface area contributed by atoms with Crippen molar-refractivity contribution in [3.05, 3.63) is 62.8 Å². The molecule has 5 rings (SSSR count). The summed E-state index contributed by atoms with van der Waals surface area (Å²) < 4.78 is 0. The largest absolute Gasteiger partial charge is 0.337 e. The number of H-pyrrole nitrogens is 1. The van der Waals surface area contributed by atoms with Crippen molar-refractivity contribution in [1.29, 1.82) is 0 Å². The van der Waals surface area contributed by atoms with Crippen LogP contribution in [0.1, 0.15) is 66.4 Å². The number of piperidine rings is 1. The van der Waals surface area contributed by atoms with E-state index in [1.807, 2.05) is 36.1 Å². The molecule has 0 radical (unpaired) electrons. The van der Waals surface area contributed by atoms with Crippen LogP contribution in [0.3, 0.4) is 0 Å². The van der Waals surface area contributed by atoms with Gasteiger partial charge in [-0.05, 0) is 50.2 Å². The average molecular weight is 435 g/mol. The van der Waals surface area contributed by atoms with Crippen LogP contribution in [0.2, 0.25) is 0 Å². The minimum absolute atomic E-state index is 0.0746. The molecule has 3 heterocycles. The van der Waals surface area contributed by atoms with Crippen molar-refractivity contribution < 1.29 is 9.59 Å². The Labute approximate surface area is 187 Å². The van der Waals surface area contributed by atoms with Crippen LogP contribution < -0.4 is 5.56 Å². The number of fused-ring (bicyclic) bond motifs is 1. The summed E-state index contributed by atoms with van der Waals surface area (Å²) in [6.07, 6.45) is 5.64. The van der Waals surface area contributed by atoms with Crippen LogP contribution in [-0.4, -0.2) is 44.7 Å². The Kier molecular flexibility index (Phi) is 5.57. The smallest absolute Gasteiger partial charge is 0.256 e. The van der Waals surface area contributed by atoms with Crippen molar-refractivity contribution in [2.24, 2.45) is 5.92 Å². The number of aromatic amines is 1. The molecule has 32 heavy (non-hydrogen) atoms. The fraction of sp³-hybridized carbons (Fsp3) is 0.520. The van der Waals surface area contributed by atoms with E-state index in [-0.39, 0.29) is 29.3 Å². The molecule has 1 aromatic heterocycles. The number of rotatable bonds is 4. The number of nitrogens with zero attached hydrogens (tertiary/aromatic N) is 3. The van der Waals surface area contributed by atoms with Gasteiger partial charge in [-0.15, -0.1) is 0 Å². The van der Waals surface area contributed by atoms with Gasteiger partial charge >= 0.3 is 0 Å². The average Bonchev–Trinajstić information content (AvgIpc) is 3.65. The van der Waals surface area contributed by atoms with Gasteiger partial charge in [-0.25, -0.2) is 4.98 Å². The Morgan fingerprint density at radius 1 is 1.12 bits per heavy atom. The third-order valence-electron chi connectivity index (χ3n) is 7.07. The molecule has 1 unspecified atom stereocenters. The lowest BCUT2D eigenvalue weighted by atomic mass is 9.98. The monoisotopic (exact) mass is 434 g/mol. The van der Waals surface area contributed by atoms with E-state index in [0.717, 1.165) is 48.9 Å². The summed E-state index contributed by atoms with van der Waals surface area (Å²) in [6.45, 7) is 3.66. The normalized spacial score (nSPS) is 20.7. The predicted molar refractivity (Wildman–Crippen MR) is 120 cm³/mol. The number of likely N-dealkylation sites (tertiary alicyclic amines) is 1. The lowest BCUT2D eigenvalue weighted by molar-refractivity contribution is -0.135. The number of carbonyl (C=O) groups is 2. The molecule has 2 aromatic rings. The number of hydrogen-bond acceptors (Lipinski definition) is 4. The molecular weight excluding hydrogens is 404 g/mol. The van der Waals surface area contributed by atoms with Crippen LogP contribution in [0.25, 0.3) is 0 Å². The topological polar surface area (TPSA) is 86.4 Å². The van der Waals surface area contributed by atoms with Gasteiger partial charge in [0.1, 0.15) is 5.82 Å². The third kappa shape index (κ3) is 4.08. The maximum atomic E-state index is 13.2. The first-order valence-corrected chi connectivity index (χ1v) is 11.8. The Morgan fingerprint density at radius 3 is 2.72 bits per heavy atom. The molecule has 3 aliphatic rings. The van der Waals surface area contributed by atoms with Gasteiger partial charge in [0.15, 0.2) is 0 Å². The molecule has 2 amide bonds. The molecule has 1 saturated heterocycles. The van der Waals surface area contributed by atoms with E-state index in [1.54, 1.807) is 4.90 Å². The molecule has 0 spiro atoms. The van der Waals surface area contributed by atoms with Gasteiger partial charge in [-0.1, -0.05) is 24.3 Å². The van der Waals surface area contributed by atoms with Gasteiger partial charge in [0.2, 0.25) is 11.8 Å². The van der Waals surface area contributed by atoms with Crippen LogP contribution in [-0.2, 0) is 29.0 Å². The molecule has 1 atom stereocenters. The molecule has 2 fully saturated rings. The lowest BCUT2D eigenvalue weighted by Crippen LogP contribution is -2.43. The van der Waals surface area contributed by atoms with Crippen LogP contribution in [0, 0.1) is 12.8 Å². The summed E-state index contributed by atoms with van der Waals surface area (Å²) in [7, 11) is 0. The molecule has 1 aromatic carbocycles. The van der Waals surface area contributed by atoms with E-state index in [0.29, 0.717) is 43.9 Å². The first-order valence-electron chi connectivity index (χ1n) is 11.8. The van der Waals surface area contributed by atoms with E-state index in [1.165, 1.54) is 0 Å². The number of nitrogens with one attached hydrogen (secondary N) is 1. The first-order chi connectivity index (χ1) is 15.5. The number of hydrogen-bond donors (Lipinski definition) is 1. The van der Waals surface area contributed by atoms with E-state index in [2.05, 4.69) is 4.98 Å². The van der Waals surface area contributed by atoms with Gasteiger partial charge in [0.05, 0.1) is 30.3 Å². The molecule has 0 bridgehead atoms. The quantitative estimate of drug-likeness (QED) is 0.802. The van der Waals surface area contributed by atoms with Gasteiger partial charge in [0, 0.05) is 25.4 Å². The second kappa shape index (κ2) is 8.52. The molecule has 7 nitrogen and oxygen atoms in total. The van der Waals surface area contributed by atoms with Crippen LogP contribution in [0.4, 0.5) is 0 Å². The second-order valence-electron chi connectivity index (χ2n) is 9.36. The summed E-state index contributed by atoms with van der Waals surface area (Å²) in [5.74, 6) is 0.983. The summed E-state index contributed by atoms with van der Waals surface area (Å²) >= 11 is 0. The molecule has 2 aliphatic heterocycles. The Bertz CT molecular complexity index is 1100. The van der Waals surface area contributed by atoms with Crippen LogP contribution in [0.5, 0.6) is 0 Å². The third-order valence-corrected chi connectivity index (χ3v) is 7.07. The summed E-state index contributed by atoms with van der Waals surface area (Å²) in [5, 5.41) is 0. The second-order valence-corrected chi connectivity index (χ2v) is 9.36. The highest BCUT2D eigenvalue weighted by Crippen LogP contribution is 2.33. The van der Waals surface area contributed by atoms with E-state index >= 15 is 0 Å². The zero-order chi connectivity index (χ0) is 22.2. The number of aromatic nitrogens is 2. The van der Waals surface area contributed by atoms with Crippen molar-refractivity contribution >= 4 is 11.8 Å². The maximum absolute atomic E-state index is 13.2. The number of amides is 2. The molecule has 7 heteroatoms. The van der Waals surface area contributed by atoms with Gasteiger partial charge in [0.25, 0.3) is 5.56 Å². The predicted octanol–water partition coefficient (Wildman–Crippen LogP) is 2.67. The Morgan fingerprint density at radius 2 is 1.94 bits per heavy atom. The SMILES string of the molecule is Cc1ccccc1CC(=O)N1CCCCC1c1nc2c(c(=O)[nH]1)CN(C(=O)C1CC1)CC2. The Hall–Kier alpha value is -2.96. The fourth-order valence-corrected chi connectivity index (χ4v) is 4.97. The zero-order valence-electron chi connectivity index (χ0n) is 18.6. The highest BCUT2D eigenvalue weighted by molar-refractivity contribution is 5.81. The summed E-state index contributed by atoms with van der Waals surface area (Å²) in [6, 6.07) is 7.76. The van der Waals surface area contributed by atoms with Crippen molar-refractivity contribution in [1.82, 2.24) is 19.8 Å². The minimum Gasteiger partial charge on any atom is -0.337 e.